The highest BCUT2D eigenvalue weighted by atomic mass is 15.3. The smallest absolute Gasteiger partial charge is 0.0675 e. The zero-order valence-corrected chi connectivity index (χ0v) is 11.0. The Hall–Kier alpha value is -1.61. The maximum absolute atomic E-state index is 4.61. The van der Waals surface area contributed by atoms with E-state index in [0.717, 1.165) is 12.2 Å². The number of nitrogens with zero attached hydrogens (tertiary/aromatic N) is 2. The Morgan fingerprint density at radius 1 is 1.28 bits per heavy atom. The molecule has 18 heavy (non-hydrogen) atoms. The van der Waals surface area contributed by atoms with Crippen molar-refractivity contribution in [1.82, 2.24) is 15.1 Å². The van der Waals surface area contributed by atoms with Crippen molar-refractivity contribution in [3.8, 4) is 11.1 Å². The van der Waals surface area contributed by atoms with Gasteiger partial charge in [-0.2, -0.15) is 5.10 Å². The number of hydrogen-bond donors (Lipinski definition) is 1. The Bertz CT molecular complexity index is 536. The number of hydrogen-bond acceptors (Lipinski definition) is 2. The summed E-state index contributed by atoms with van der Waals surface area (Å²) in [6, 6.07) is 11.0. The molecule has 1 unspecified atom stereocenters. The molecule has 2 heterocycles. The molecule has 94 valence electrons. The van der Waals surface area contributed by atoms with Crippen molar-refractivity contribution in [2.45, 2.75) is 25.8 Å². The molecule has 0 spiro atoms. The van der Waals surface area contributed by atoms with Gasteiger partial charge in [0.25, 0.3) is 0 Å². The minimum Gasteiger partial charge on any atom is -0.309 e. The van der Waals surface area contributed by atoms with E-state index in [0.29, 0.717) is 6.04 Å². The fraction of sp³-hybridized carbons (Fsp3) is 0.400. The van der Waals surface area contributed by atoms with E-state index in [1.54, 1.807) is 0 Å². The van der Waals surface area contributed by atoms with Crippen molar-refractivity contribution < 1.29 is 0 Å². The molecule has 1 N–H and O–H groups in total. The highest BCUT2D eigenvalue weighted by molar-refractivity contribution is 5.69. The van der Waals surface area contributed by atoms with Gasteiger partial charge in [-0.05, 0) is 31.9 Å². The number of aryl methyl sites for hydroxylation is 2. The van der Waals surface area contributed by atoms with Crippen LogP contribution in [-0.2, 0) is 7.05 Å². The minimum atomic E-state index is 0.450. The second-order valence-corrected chi connectivity index (χ2v) is 4.98. The van der Waals surface area contributed by atoms with Crippen LogP contribution in [0.1, 0.15) is 30.3 Å². The van der Waals surface area contributed by atoms with E-state index in [9.17, 15) is 0 Å². The van der Waals surface area contributed by atoms with Gasteiger partial charge in [0.05, 0.1) is 11.4 Å². The summed E-state index contributed by atoms with van der Waals surface area (Å²) in [6.07, 6.45) is 2.46. The third-order valence-electron chi connectivity index (χ3n) is 3.72. The summed E-state index contributed by atoms with van der Waals surface area (Å²) in [5.74, 6) is 0. The van der Waals surface area contributed by atoms with Gasteiger partial charge in [-0.1, -0.05) is 30.3 Å². The van der Waals surface area contributed by atoms with Crippen molar-refractivity contribution in [2.75, 3.05) is 6.54 Å². The lowest BCUT2D eigenvalue weighted by Gasteiger charge is -2.14. The van der Waals surface area contributed by atoms with Gasteiger partial charge in [-0.25, -0.2) is 0 Å². The fourth-order valence-electron chi connectivity index (χ4n) is 2.96. The monoisotopic (exact) mass is 241 g/mol. The lowest BCUT2D eigenvalue weighted by molar-refractivity contribution is 0.574. The largest absolute Gasteiger partial charge is 0.309 e. The van der Waals surface area contributed by atoms with Gasteiger partial charge in [-0.15, -0.1) is 0 Å². The Labute approximate surface area is 108 Å². The molecule has 2 aromatic rings. The summed E-state index contributed by atoms with van der Waals surface area (Å²) in [6.45, 7) is 3.21. The minimum absolute atomic E-state index is 0.450. The average Bonchev–Trinajstić information content (AvgIpc) is 2.97. The number of benzene rings is 1. The van der Waals surface area contributed by atoms with Crippen LogP contribution in [0.15, 0.2) is 30.3 Å². The quantitative estimate of drug-likeness (QED) is 0.876. The van der Waals surface area contributed by atoms with Gasteiger partial charge < -0.3 is 5.32 Å². The van der Waals surface area contributed by atoms with Gasteiger partial charge >= 0.3 is 0 Å². The molecule has 0 amide bonds. The molecular formula is C15H19N3. The zero-order chi connectivity index (χ0) is 12.5. The lowest BCUT2D eigenvalue weighted by atomic mass is 9.99. The van der Waals surface area contributed by atoms with Gasteiger partial charge in [0.15, 0.2) is 0 Å². The molecule has 1 aliphatic rings. The molecule has 0 bridgehead atoms. The summed E-state index contributed by atoms with van der Waals surface area (Å²) in [4.78, 5) is 0. The van der Waals surface area contributed by atoms with E-state index < -0.39 is 0 Å². The van der Waals surface area contributed by atoms with E-state index in [1.165, 1.54) is 29.7 Å². The van der Waals surface area contributed by atoms with Crippen LogP contribution in [0.3, 0.4) is 0 Å². The maximum atomic E-state index is 4.61. The average molecular weight is 241 g/mol. The molecule has 3 heteroatoms. The Morgan fingerprint density at radius 2 is 2.06 bits per heavy atom. The Kier molecular flexibility index (Phi) is 2.92. The normalized spacial score (nSPS) is 19.3. The van der Waals surface area contributed by atoms with Crippen molar-refractivity contribution in [3.05, 3.63) is 41.7 Å². The first kappa shape index (κ1) is 11.5. The van der Waals surface area contributed by atoms with Crippen LogP contribution in [0.2, 0.25) is 0 Å². The third kappa shape index (κ3) is 1.85. The second kappa shape index (κ2) is 4.58. The summed E-state index contributed by atoms with van der Waals surface area (Å²) in [5, 5.41) is 8.19. The number of rotatable bonds is 2. The van der Waals surface area contributed by atoms with Crippen LogP contribution < -0.4 is 5.32 Å². The summed E-state index contributed by atoms with van der Waals surface area (Å²) < 4.78 is 2.04. The highest BCUT2D eigenvalue weighted by Gasteiger charge is 2.25. The molecule has 0 saturated carbocycles. The Morgan fingerprint density at radius 3 is 2.72 bits per heavy atom. The van der Waals surface area contributed by atoms with Gasteiger partial charge in [-0.3, -0.25) is 4.68 Å². The maximum Gasteiger partial charge on any atom is 0.0675 e. The first-order valence-corrected chi connectivity index (χ1v) is 6.59. The molecule has 3 rings (SSSR count). The van der Waals surface area contributed by atoms with Crippen molar-refractivity contribution in [3.63, 3.8) is 0 Å². The zero-order valence-electron chi connectivity index (χ0n) is 11.0. The van der Waals surface area contributed by atoms with Crippen molar-refractivity contribution in [2.24, 2.45) is 7.05 Å². The van der Waals surface area contributed by atoms with E-state index in [-0.39, 0.29) is 0 Å². The molecule has 1 fully saturated rings. The van der Waals surface area contributed by atoms with Crippen LogP contribution >= 0.6 is 0 Å². The number of nitrogens with one attached hydrogen (secondary N) is 1. The third-order valence-corrected chi connectivity index (χ3v) is 3.72. The fourth-order valence-corrected chi connectivity index (χ4v) is 2.96. The molecular weight excluding hydrogens is 222 g/mol. The molecule has 0 radical (unpaired) electrons. The van der Waals surface area contributed by atoms with Gasteiger partial charge in [0.2, 0.25) is 0 Å². The van der Waals surface area contributed by atoms with Crippen LogP contribution in [0.4, 0.5) is 0 Å². The number of aromatic nitrogens is 2. The highest BCUT2D eigenvalue weighted by Crippen LogP contribution is 2.34. The predicted octanol–water partition coefficient (Wildman–Crippen LogP) is 2.82. The van der Waals surface area contributed by atoms with Crippen LogP contribution in [0.25, 0.3) is 11.1 Å². The van der Waals surface area contributed by atoms with Crippen LogP contribution in [0, 0.1) is 6.92 Å². The van der Waals surface area contributed by atoms with E-state index in [2.05, 4.69) is 54.7 Å². The Balaban J connectivity index is 2.13. The van der Waals surface area contributed by atoms with Crippen LogP contribution in [0.5, 0.6) is 0 Å². The van der Waals surface area contributed by atoms with Crippen molar-refractivity contribution >= 4 is 0 Å². The topological polar surface area (TPSA) is 29.9 Å². The molecule has 1 aromatic heterocycles. The van der Waals surface area contributed by atoms with Gasteiger partial charge in [0, 0.05) is 18.7 Å². The summed E-state index contributed by atoms with van der Waals surface area (Å²) >= 11 is 0. The van der Waals surface area contributed by atoms with E-state index in [4.69, 9.17) is 0 Å². The molecule has 1 atom stereocenters. The summed E-state index contributed by atoms with van der Waals surface area (Å²) in [5.41, 5.74) is 5.02. The SMILES string of the molecule is Cc1nn(C)c(C2CCCN2)c1-c1ccccc1. The summed E-state index contributed by atoms with van der Waals surface area (Å²) in [7, 11) is 2.05. The predicted molar refractivity (Wildman–Crippen MR) is 73.4 cm³/mol. The first-order valence-electron chi connectivity index (χ1n) is 6.59. The lowest BCUT2D eigenvalue weighted by Crippen LogP contribution is -2.17. The molecule has 0 aliphatic carbocycles. The van der Waals surface area contributed by atoms with Gasteiger partial charge in [0.1, 0.15) is 0 Å². The molecule has 1 saturated heterocycles. The second-order valence-electron chi connectivity index (χ2n) is 4.98. The molecule has 3 nitrogen and oxygen atoms in total. The standard InChI is InChI=1S/C15H19N3/c1-11-14(12-7-4-3-5-8-12)15(18(2)17-11)13-9-6-10-16-13/h3-5,7-8,13,16H,6,9-10H2,1-2H3. The molecule has 1 aliphatic heterocycles. The van der Waals surface area contributed by atoms with E-state index >= 15 is 0 Å². The molecule has 1 aromatic carbocycles. The first-order chi connectivity index (χ1) is 8.77. The van der Waals surface area contributed by atoms with E-state index in [1.807, 2.05) is 4.68 Å². The van der Waals surface area contributed by atoms with Crippen LogP contribution in [-0.4, -0.2) is 16.3 Å². The van der Waals surface area contributed by atoms with Crippen molar-refractivity contribution in [1.29, 1.82) is 0 Å².